The van der Waals surface area contributed by atoms with E-state index in [-0.39, 0.29) is 6.79 Å². The number of nitrogens with zero attached hydrogens (tertiary/aromatic N) is 1. The molecule has 2 heterocycles. The van der Waals surface area contributed by atoms with Crippen LogP contribution in [0.5, 0.6) is 23.0 Å². The van der Waals surface area contributed by atoms with Crippen LogP contribution in [0, 0.1) is 0 Å². The topological polar surface area (TPSA) is 59.0 Å². The maximum absolute atomic E-state index is 5.59. The van der Waals surface area contributed by atoms with Crippen molar-refractivity contribution in [3.05, 3.63) is 42.1 Å². The highest BCUT2D eigenvalue weighted by Crippen LogP contribution is 2.41. The van der Waals surface area contributed by atoms with E-state index in [1.807, 2.05) is 30.5 Å². The molecule has 27 heavy (non-hydrogen) atoms. The van der Waals surface area contributed by atoms with E-state index in [0.29, 0.717) is 18.1 Å². The Morgan fingerprint density at radius 3 is 2.59 bits per heavy atom. The number of hydrogen-bond acceptors (Lipinski definition) is 6. The Bertz CT molecular complexity index is 986. The van der Waals surface area contributed by atoms with E-state index in [1.165, 1.54) is 0 Å². The molecule has 6 heteroatoms. The molecule has 0 saturated carbocycles. The van der Waals surface area contributed by atoms with Crippen LogP contribution in [-0.4, -0.2) is 39.7 Å². The van der Waals surface area contributed by atoms with Gasteiger partial charge in [-0.1, -0.05) is 6.07 Å². The Morgan fingerprint density at radius 2 is 1.81 bits per heavy atom. The molecule has 2 aromatic carbocycles. The molecular weight excluding hydrogens is 346 g/mol. The van der Waals surface area contributed by atoms with Crippen LogP contribution in [-0.2, 0) is 11.2 Å². The number of pyridine rings is 1. The molecule has 0 amide bonds. The van der Waals surface area contributed by atoms with Crippen LogP contribution in [0.1, 0.15) is 5.56 Å². The minimum absolute atomic E-state index is 0.243. The Morgan fingerprint density at radius 1 is 1.00 bits per heavy atom. The molecule has 0 bridgehead atoms. The predicted octanol–water partition coefficient (Wildman–Crippen LogP) is 3.84. The molecule has 1 aliphatic rings. The molecule has 0 fully saturated rings. The second-order valence-corrected chi connectivity index (χ2v) is 6.20. The van der Waals surface area contributed by atoms with Crippen LogP contribution in [0.15, 0.2) is 36.5 Å². The van der Waals surface area contributed by atoms with Crippen molar-refractivity contribution in [1.29, 1.82) is 0 Å². The van der Waals surface area contributed by atoms with E-state index < -0.39 is 0 Å². The zero-order valence-corrected chi connectivity index (χ0v) is 15.6. The van der Waals surface area contributed by atoms with Gasteiger partial charge in [0.15, 0.2) is 23.0 Å². The molecule has 0 unspecified atom stereocenters. The Balaban J connectivity index is 1.85. The maximum Gasteiger partial charge on any atom is 0.231 e. The summed E-state index contributed by atoms with van der Waals surface area (Å²) in [6, 6.07) is 9.94. The summed E-state index contributed by atoms with van der Waals surface area (Å²) in [5, 5.41) is 1.98. The van der Waals surface area contributed by atoms with Crippen molar-refractivity contribution in [2.45, 2.75) is 6.42 Å². The van der Waals surface area contributed by atoms with Crippen molar-refractivity contribution in [3.8, 4) is 34.3 Å². The fourth-order valence-electron chi connectivity index (χ4n) is 3.31. The van der Waals surface area contributed by atoms with Gasteiger partial charge < -0.3 is 23.7 Å². The lowest BCUT2D eigenvalue weighted by molar-refractivity contribution is 0.175. The summed E-state index contributed by atoms with van der Waals surface area (Å²) in [7, 11) is 4.96. The first-order valence-electron chi connectivity index (χ1n) is 8.67. The maximum atomic E-state index is 5.59. The lowest BCUT2D eigenvalue weighted by atomic mass is 9.99. The van der Waals surface area contributed by atoms with Gasteiger partial charge in [-0.05, 0) is 41.6 Å². The van der Waals surface area contributed by atoms with Crippen LogP contribution >= 0.6 is 0 Å². The van der Waals surface area contributed by atoms with Gasteiger partial charge in [0.1, 0.15) is 0 Å². The number of aromatic nitrogens is 1. The molecule has 0 aliphatic carbocycles. The lowest BCUT2D eigenvalue weighted by Gasteiger charge is -2.15. The van der Waals surface area contributed by atoms with Gasteiger partial charge >= 0.3 is 0 Å². The number of hydrogen-bond donors (Lipinski definition) is 0. The summed E-state index contributed by atoms with van der Waals surface area (Å²) in [5.74, 6) is 2.86. The number of fused-ring (bicyclic) bond motifs is 3. The molecule has 0 atom stereocenters. The third-order valence-corrected chi connectivity index (χ3v) is 4.70. The molecule has 0 radical (unpaired) electrons. The zero-order valence-electron chi connectivity index (χ0n) is 15.6. The van der Waals surface area contributed by atoms with Gasteiger partial charge in [0.25, 0.3) is 0 Å². The molecule has 4 rings (SSSR count). The molecule has 1 aliphatic heterocycles. The molecule has 1 aromatic heterocycles. The van der Waals surface area contributed by atoms with E-state index in [9.17, 15) is 0 Å². The summed E-state index contributed by atoms with van der Waals surface area (Å²) >= 11 is 0. The van der Waals surface area contributed by atoms with E-state index in [2.05, 4.69) is 11.1 Å². The first-order chi connectivity index (χ1) is 13.2. The van der Waals surface area contributed by atoms with Gasteiger partial charge in [-0.3, -0.25) is 4.98 Å². The SMILES string of the molecule is COCCc1cc(OC)c(OC)cc1-c1cc2ccc3c(c2cn1)OCO3. The van der Waals surface area contributed by atoms with Crippen molar-refractivity contribution in [2.24, 2.45) is 0 Å². The second-order valence-electron chi connectivity index (χ2n) is 6.20. The van der Waals surface area contributed by atoms with Crippen LogP contribution in [0.4, 0.5) is 0 Å². The van der Waals surface area contributed by atoms with Crippen LogP contribution in [0.25, 0.3) is 22.0 Å². The van der Waals surface area contributed by atoms with Crippen molar-refractivity contribution in [3.63, 3.8) is 0 Å². The smallest absolute Gasteiger partial charge is 0.231 e. The fourth-order valence-corrected chi connectivity index (χ4v) is 3.31. The number of rotatable bonds is 6. The predicted molar refractivity (Wildman–Crippen MR) is 102 cm³/mol. The summed E-state index contributed by atoms with van der Waals surface area (Å²) in [6.45, 7) is 0.849. The van der Waals surface area contributed by atoms with Crippen LogP contribution < -0.4 is 18.9 Å². The Kier molecular flexibility index (Phi) is 4.73. The van der Waals surface area contributed by atoms with Crippen LogP contribution in [0.2, 0.25) is 0 Å². The molecule has 0 saturated heterocycles. The van der Waals surface area contributed by atoms with Crippen LogP contribution in [0.3, 0.4) is 0 Å². The van der Waals surface area contributed by atoms with Gasteiger partial charge in [0, 0.05) is 24.3 Å². The van der Waals surface area contributed by atoms with Crippen molar-refractivity contribution >= 4 is 10.8 Å². The first-order valence-corrected chi connectivity index (χ1v) is 8.67. The van der Waals surface area contributed by atoms with E-state index in [1.54, 1.807) is 21.3 Å². The largest absolute Gasteiger partial charge is 0.493 e. The van der Waals surface area contributed by atoms with Crippen molar-refractivity contribution in [2.75, 3.05) is 34.7 Å². The molecular formula is C21H21NO5. The van der Waals surface area contributed by atoms with Gasteiger partial charge in [-0.15, -0.1) is 0 Å². The standard InChI is InChI=1S/C21H21NO5/c1-23-7-6-14-9-19(24-2)20(25-3)10-15(14)17-8-13-4-5-18-21(27-12-26-18)16(13)11-22-17/h4-5,8-11H,6-7,12H2,1-3H3. The highest BCUT2D eigenvalue weighted by molar-refractivity contribution is 5.93. The summed E-state index contributed by atoms with van der Waals surface area (Å²) in [5.41, 5.74) is 2.93. The van der Waals surface area contributed by atoms with E-state index in [4.69, 9.17) is 23.7 Å². The monoisotopic (exact) mass is 367 g/mol. The number of benzene rings is 2. The second kappa shape index (κ2) is 7.32. The van der Waals surface area contributed by atoms with Gasteiger partial charge in [0.2, 0.25) is 6.79 Å². The first kappa shape index (κ1) is 17.4. The van der Waals surface area contributed by atoms with Gasteiger partial charge in [-0.2, -0.15) is 0 Å². The average molecular weight is 367 g/mol. The summed E-state index contributed by atoms with van der Waals surface area (Å²) < 4.78 is 27.2. The normalized spacial score (nSPS) is 12.4. The Hall–Kier alpha value is -2.99. The zero-order chi connectivity index (χ0) is 18.8. The minimum Gasteiger partial charge on any atom is -0.493 e. The fraction of sp³-hybridized carbons (Fsp3) is 0.286. The Labute approximate surface area is 157 Å². The molecule has 0 N–H and O–H groups in total. The number of methoxy groups -OCH3 is 3. The highest BCUT2D eigenvalue weighted by atomic mass is 16.7. The average Bonchev–Trinajstić information content (AvgIpc) is 3.20. The summed E-state index contributed by atoms with van der Waals surface area (Å²) in [4.78, 5) is 4.68. The van der Waals surface area contributed by atoms with Crippen molar-refractivity contribution in [1.82, 2.24) is 4.98 Å². The molecule has 3 aromatic rings. The summed E-state index contributed by atoms with van der Waals surface area (Å²) in [6.07, 6.45) is 2.57. The molecule has 140 valence electrons. The van der Waals surface area contributed by atoms with Gasteiger partial charge in [0.05, 0.1) is 26.5 Å². The van der Waals surface area contributed by atoms with E-state index >= 15 is 0 Å². The number of ether oxygens (including phenoxy) is 5. The third kappa shape index (κ3) is 3.13. The molecule has 6 nitrogen and oxygen atoms in total. The quantitative estimate of drug-likeness (QED) is 0.660. The lowest BCUT2D eigenvalue weighted by Crippen LogP contribution is -2.01. The molecule has 0 spiro atoms. The third-order valence-electron chi connectivity index (χ3n) is 4.70. The highest BCUT2D eigenvalue weighted by Gasteiger charge is 2.19. The van der Waals surface area contributed by atoms with Gasteiger partial charge in [-0.25, -0.2) is 0 Å². The van der Waals surface area contributed by atoms with Crippen molar-refractivity contribution < 1.29 is 23.7 Å². The van der Waals surface area contributed by atoms with E-state index in [0.717, 1.165) is 45.5 Å². The minimum atomic E-state index is 0.243.